The van der Waals surface area contributed by atoms with E-state index in [-0.39, 0.29) is 11.7 Å². The normalized spacial score (nSPS) is 12.1. The van der Waals surface area contributed by atoms with E-state index in [1.807, 2.05) is 39.0 Å². The van der Waals surface area contributed by atoms with Crippen LogP contribution >= 0.6 is 0 Å². The van der Waals surface area contributed by atoms with Crippen molar-refractivity contribution in [3.05, 3.63) is 71.1 Å². The van der Waals surface area contributed by atoms with Crippen LogP contribution in [0.25, 0.3) is 5.69 Å². The van der Waals surface area contributed by atoms with E-state index >= 15 is 0 Å². The fraction of sp³-hybridized carbons (Fsp3) is 0.318. The zero-order valence-electron chi connectivity index (χ0n) is 17.0. The Hall–Kier alpha value is -2.93. The van der Waals surface area contributed by atoms with Crippen LogP contribution in [-0.2, 0) is 6.54 Å². The first-order chi connectivity index (χ1) is 13.9. The molecule has 0 spiro atoms. The molecule has 5 nitrogen and oxygen atoms in total. The highest BCUT2D eigenvalue weighted by atomic mass is 19.1. The van der Waals surface area contributed by atoms with Crippen LogP contribution in [0, 0.1) is 18.6 Å². The molecule has 0 fully saturated rings. The van der Waals surface area contributed by atoms with Crippen molar-refractivity contribution in [2.75, 3.05) is 13.7 Å². The summed E-state index contributed by atoms with van der Waals surface area (Å²) in [6.45, 7) is 6.98. The molecule has 0 radical (unpaired) electrons. The lowest BCUT2D eigenvalue weighted by molar-refractivity contribution is 0.310. The van der Waals surface area contributed by atoms with E-state index in [9.17, 15) is 8.78 Å². The Labute approximate surface area is 169 Å². The molecular weight excluding hydrogens is 376 g/mol. The Morgan fingerprint density at radius 1 is 1.14 bits per heavy atom. The lowest BCUT2D eigenvalue weighted by atomic mass is 10.1. The second-order valence-corrected chi connectivity index (χ2v) is 6.71. The van der Waals surface area contributed by atoms with Gasteiger partial charge >= 0.3 is 0 Å². The van der Waals surface area contributed by atoms with Crippen LogP contribution in [0.3, 0.4) is 0 Å². The van der Waals surface area contributed by atoms with Crippen molar-refractivity contribution in [1.29, 1.82) is 0 Å². The minimum atomic E-state index is -0.648. The Morgan fingerprint density at radius 2 is 1.93 bits per heavy atom. The van der Waals surface area contributed by atoms with Crippen LogP contribution in [0.15, 0.2) is 42.6 Å². The van der Waals surface area contributed by atoms with Gasteiger partial charge in [0.05, 0.1) is 19.9 Å². The average molecular weight is 401 g/mol. The molecule has 1 aromatic heterocycles. The van der Waals surface area contributed by atoms with Crippen LogP contribution in [0.4, 0.5) is 8.78 Å². The lowest BCUT2D eigenvalue weighted by Crippen LogP contribution is -2.18. The summed E-state index contributed by atoms with van der Waals surface area (Å²) >= 11 is 0. The van der Waals surface area contributed by atoms with E-state index in [2.05, 4.69) is 10.4 Å². The number of methoxy groups -OCH3 is 1. The largest absolute Gasteiger partial charge is 0.493 e. The van der Waals surface area contributed by atoms with Crippen LogP contribution in [-0.4, -0.2) is 23.5 Å². The summed E-state index contributed by atoms with van der Waals surface area (Å²) in [4.78, 5) is 0. The fourth-order valence-electron chi connectivity index (χ4n) is 3.22. The van der Waals surface area contributed by atoms with Crippen LogP contribution in [0.1, 0.15) is 36.7 Å². The fourth-order valence-corrected chi connectivity index (χ4v) is 3.22. The second-order valence-electron chi connectivity index (χ2n) is 6.71. The minimum absolute atomic E-state index is 0.0232. The number of aromatic nitrogens is 2. The summed E-state index contributed by atoms with van der Waals surface area (Å²) in [6.07, 6.45) is 1.70. The summed E-state index contributed by atoms with van der Waals surface area (Å²) in [5.74, 6) is 0.141. The quantitative estimate of drug-likeness (QED) is 0.594. The Morgan fingerprint density at radius 3 is 2.62 bits per heavy atom. The van der Waals surface area contributed by atoms with Crippen LogP contribution in [0.5, 0.6) is 11.5 Å². The molecule has 1 heterocycles. The topological polar surface area (TPSA) is 48.3 Å². The molecule has 7 heteroatoms. The number of nitrogens with zero attached hydrogens (tertiary/aromatic N) is 2. The van der Waals surface area contributed by atoms with E-state index in [1.165, 1.54) is 16.8 Å². The zero-order valence-corrected chi connectivity index (χ0v) is 17.0. The predicted molar refractivity (Wildman–Crippen MR) is 108 cm³/mol. The number of rotatable bonds is 8. The molecule has 0 saturated carbocycles. The molecule has 29 heavy (non-hydrogen) atoms. The summed E-state index contributed by atoms with van der Waals surface area (Å²) in [6, 6.07) is 9.26. The molecule has 1 atom stereocenters. The van der Waals surface area contributed by atoms with Gasteiger partial charge < -0.3 is 14.8 Å². The Bertz CT molecular complexity index is 988. The van der Waals surface area contributed by atoms with Crippen molar-refractivity contribution in [1.82, 2.24) is 15.1 Å². The van der Waals surface area contributed by atoms with E-state index in [0.29, 0.717) is 24.7 Å². The number of ether oxygens (including phenoxy) is 2. The van der Waals surface area contributed by atoms with Gasteiger partial charge in [-0.1, -0.05) is 6.07 Å². The molecule has 0 bridgehead atoms. The first-order valence-electron chi connectivity index (χ1n) is 9.47. The van der Waals surface area contributed by atoms with E-state index in [0.717, 1.165) is 22.9 Å². The average Bonchev–Trinajstić information content (AvgIpc) is 3.08. The molecule has 0 aliphatic carbocycles. The van der Waals surface area contributed by atoms with Gasteiger partial charge in [0.2, 0.25) is 0 Å². The van der Waals surface area contributed by atoms with Crippen LogP contribution < -0.4 is 14.8 Å². The molecule has 0 aliphatic rings. The van der Waals surface area contributed by atoms with Gasteiger partial charge in [0, 0.05) is 29.9 Å². The van der Waals surface area contributed by atoms with E-state index < -0.39 is 11.6 Å². The molecule has 3 aromatic rings. The highest BCUT2D eigenvalue weighted by molar-refractivity contribution is 5.43. The maximum absolute atomic E-state index is 14.1. The molecule has 1 unspecified atom stereocenters. The predicted octanol–water partition coefficient (Wildman–Crippen LogP) is 4.72. The number of halogens is 2. The molecule has 0 amide bonds. The molecule has 154 valence electrons. The molecular formula is C22H25F2N3O2. The molecule has 2 aromatic carbocycles. The standard InChI is InChI=1S/C22H25F2N3O2/c1-5-29-22-10-16(6-9-21(22)28-4)12-25-14(2)18-13-26-27(15(18)3)20-8-7-17(23)11-19(20)24/h6-11,13-14,25H,5,12H2,1-4H3. The lowest BCUT2D eigenvalue weighted by Gasteiger charge is -2.16. The zero-order chi connectivity index (χ0) is 21.0. The third-order valence-electron chi connectivity index (χ3n) is 4.79. The molecule has 0 aliphatic heterocycles. The second kappa shape index (κ2) is 9.05. The van der Waals surface area contributed by atoms with Gasteiger partial charge in [0.1, 0.15) is 11.5 Å². The molecule has 0 saturated heterocycles. The van der Waals surface area contributed by atoms with Crippen molar-refractivity contribution in [2.24, 2.45) is 0 Å². The number of benzene rings is 2. The van der Waals surface area contributed by atoms with Crippen molar-refractivity contribution < 1.29 is 18.3 Å². The maximum Gasteiger partial charge on any atom is 0.161 e. The number of nitrogens with one attached hydrogen (secondary N) is 1. The van der Waals surface area contributed by atoms with Gasteiger partial charge in [-0.25, -0.2) is 13.5 Å². The Kier molecular flexibility index (Phi) is 6.49. The summed E-state index contributed by atoms with van der Waals surface area (Å²) < 4.78 is 39.7. The summed E-state index contributed by atoms with van der Waals surface area (Å²) in [5.41, 5.74) is 3.00. The number of hydrogen-bond acceptors (Lipinski definition) is 4. The van der Waals surface area contributed by atoms with Gasteiger partial charge in [-0.05, 0) is 50.6 Å². The van der Waals surface area contributed by atoms with E-state index in [1.54, 1.807) is 13.3 Å². The smallest absolute Gasteiger partial charge is 0.161 e. The van der Waals surface area contributed by atoms with E-state index in [4.69, 9.17) is 9.47 Å². The third kappa shape index (κ3) is 4.56. The van der Waals surface area contributed by atoms with Crippen LogP contribution in [0.2, 0.25) is 0 Å². The number of hydrogen-bond donors (Lipinski definition) is 1. The van der Waals surface area contributed by atoms with Gasteiger partial charge in [0.25, 0.3) is 0 Å². The minimum Gasteiger partial charge on any atom is -0.493 e. The van der Waals surface area contributed by atoms with Gasteiger partial charge in [0.15, 0.2) is 17.3 Å². The summed E-state index contributed by atoms with van der Waals surface area (Å²) in [7, 11) is 1.61. The first kappa shape index (κ1) is 20.8. The van der Waals surface area contributed by atoms with Gasteiger partial charge in [-0.15, -0.1) is 0 Å². The highest BCUT2D eigenvalue weighted by Crippen LogP contribution is 2.28. The first-order valence-corrected chi connectivity index (χ1v) is 9.47. The van der Waals surface area contributed by atoms with Gasteiger partial charge in [-0.3, -0.25) is 0 Å². The van der Waals surface area contributed by atoms with Gasteiger partial charge in [-0.2, -0.15) is 5.10 Å². The molecule has 1 N–H and O–H groups in total. The molecule has 3 rings (SSSR count). The Balaban J connectivity index is 1.74. The summed E-state index contributed by atoms with van der Waals surface area (Å²) in [5, 5.41) is 7.74. The monoisotopic (exact) mass is 401 g/mol. The highest BCUT2D eigenvalue weighted by Gasteiger charge is 2.16. The van der Waals surface area contributed by atoms with Crippen molar-refractivity contribution in [3.8, 4) is 17.2 Å². The SMILES string of the molecule is CCOc1cc(CNC(C)c2cnn(-c3ccc(F)cc3F)c2C)ccc1OC. The van der Waals surface area contributed by atoms with Crippen molar-refractivity contribution in [3.63, 3.8) is 0 Å². The van der Waals surface area contributed by atoms with Crippen molar-refractivity contribution >= 4 is 0 Å². The maximum atomic E-state index is 14.1. The third-order valence-corrected chi connectivity index (χ3v) is 4.79. The van der Waals surface area contributed by atoms with Crippen molar-refractivity contribution in [2.45, 2.75) is 33.4 Å².